The van der Waals surface area contributed by atoms with Crippen molar-refractivity contribution in [3.05, 3.63) is 35.4 Å². The molecule has 22 heavy (non-hydrogen) atoms. The van der Waals surface area contributed by atoms with Crippen LogP contribution >= 0.6 is 0 Å². The number of hydrogen-bond acceptors (Lipinski definition) is 2. The summed E-state index contributed by atoms with van der Waals surface area (Å²) in [6.07, 6.45) is 5.29. The van der Waals surface area contributed by atoms with Crippen LogP contribution in [0.15, 0.2) is 29.3 Å². The fourth-order valence-corrected chi connectivity index (χ4v) is 3.03. The zero-order chi connectivity index (χ0) is 15.8. The van der Waals surface area contributed by atoms with Crippen LogP contribution in [0.1, 0.15) is 43.7 Å². The van der Waals surface area contributed by atoms with Crippen molar-refractivity contribution in [1.82, 2.24) is 10.6 Å². The summed E-state index contributed by atoms with van der Waals surface area (Å²) in [4.78, 5) is 4.34. The highest BCUT2D eigenvalue weighted by Gasteiger charge is 2.34. The van der Waals surface area contributed by atoms with Crippen LogP contribution in [-0.2, 0) is 17.9 Å². The first-order valence-electron chi connectivity index (χ1n) is 8.23. The van der Waals surface area contributed by atoms with Crippen molar-refractivity contribution < 1.29 is 4.74 Å². The summed E-state index contributed by atoms with van der Waals surface area (Å²) < 4.78 is 5.26. The van der Waals surface area contributed by atoms with Gasteiger partial charge in [0.2, 0.25) is 0 Å². The van der Waals surface area contributed by atoms with E-state index in [0.717, 1.165) is 19.0 Å². The van der Waals surface area contributed by atoms with Crippen molar-refractivity contribution in [3.63, 3.8) is 0 Å². The number of rotatable bonds is 7. The number of hydrogen-bond donors (Lipinski definition) is 2. The highest BCUT2D eigenvalue weighted by atomic mass is 16.5. The Morgan fingerprint density at radius 2 is 1.95 bits per heavy atom. The van der Waals surface area contributed by atoms with Gasteiger partial charge in [-0.25, -0.2) is 0 Å². The molecule has 0 amide bonds. The van der Waals surface area contributed by atoms with Crippen molar-refractivity contribution in [1.29, 1.82) is 0 Å². The average Bonchev–Trinajstić information content (AvgIpc) is 2.51. The summed E-state index contributed by atoms with van der Waals surface area (Å²) in [5.41, 5.74) is 2.96. The quantitative estimate of drug-likeness (QED) is 0.601. The maximum Gasteiger partial charge on any atom is 0.191 e. The van der Waals surface area contributed by atoms with Crippen molar-refractivity contribution in [3.8, 4) is 0 Å². The molecule has 4 nitrogen and oxygen atoms in total. The Hall–Kier alpha value is -1.55. The van der Waals surface area contributed by atoms with E-state index >= 15 is 0 Å². The van der Waals surface area contributed by atoms with E-state index in [2.05, 4.69) is 40.7 Å². The smallest absolute Gasteiger partial charge is 0.191 e. The fraction of sp³-hybridized carbons (Fsp3) is 0.611. The van der Waals surface area contributed by atoms with Gasteiger partial charge in [0, 0.05) is 27.2 Å². The van der Waals surface area contributed by atoms with Crippen molar-refractivity contribution in [2.75, 3.05) is 20.7 Å². The Labute approximate surface area is 134 Å². The van der Waals surface area contributed by atoms with Crippen LogP contribution in [0.4, 0.5) is 0 Å². The molecule has 0 spiro atoms. The molecule has 1 fully saturated rings. The molecule has 0 unspecified atom stereocenters. The van der Waals surface area contributed by atoms with Gasteiger partial charge in [-0.3, -0.25) is 4.99 Å². The molecule has 0 bridgehead atoms. The summed E-state index contributed by atoms with van der Waals surface area (Å²) in [5.74, 6) is 0.881. The average molecular weight is 303 g/mol. The van der Waals surface area contributed by atoms with E-state index < -0.39 is 0 Å². The summed E-state index contributed by atoms with van der Waals surface area (Å²) >= 11 is 0. The molecule has 0 saturated heterocycles. The van der Waals surface area contributed by atoms with Gasteiger partial charge in [-0.1, -0.05) is 37.6 Å². The van der Waals surface area contributed by atoms with Crippen molar-refractivity contribution >= 4 is 5.96 Å². The van der Waals surface area contributed by atoms with Crippen LogP contribution in [0.3, 0.4) is 0 Å². The monoisotopic (exact) mass is 303 g/mol. The van der Waals surface area contributed by atoms with E-state index in [1.807, 2.05) is 13.1 Å². The van der Waals surface area contributed by atoms with Crippen molar-refractivity contribution in [2.45, 2.75) is 45.8 Å². The molecule has 122 valence electrons. The maximum absolute atomic E-state index is 5.26. The number of nitrogens with zero attached hydrogens (tertiary/aromatic N) is 1. The molecule has 1 aromatic carbocycles. The lowest BCUT2D eigenvalue weighted by molar-refractivity contribution is 0.131. The van der Waals surface area contributed by atoms with Gasteiger partial charge in [-0.05, 0) is 35.8 Å². The predicted molar refractivity (Wildman–Crippen MR) is 91.9 cm³/mol. The van der Waals surface area contributed by atoms with Crippen molar-refractivity contribution in [2.24, 2.45) is 10.4 Å². The minimum atomic E-state index is 0.492. The number of aliphatic imine (C=N–C) groups is 1. The van der Waals surface area contributed by atoms with Gasteiger partial charge < -0.3 is 15.4 Å². The van der Waals surface area contributed by atoms with Crippen LogP contribution in [0.2, 0.25) is 0 Å². The Balaban J connectivity index is 1.86. The molecule has 0 radical (unpaired) electrons. The highest BCUT2D eigenvalue weighted by molar-refractivity contribution is 5.79. The lowest BCUT2D eigenvalue weighted by Crippen LogP contribution is -2.46. The molecular formula is C18H29N3O. The van der Waals surface area contributed by atoms with E-state index in [1.54, 1.807) is 7.11 Å². The molecule has 0 heterocycles. The van der Waals surface area contributed by atoms with Gasteiger partial charge in [-0.2, -0.15) is 0 Å². The number of nitrogens with one attached hydrogen (secondary N) is 2. The van der Waals surface area contributed by atoms with E-state index in [-0.39, 0.29) is 0 Å². The van der Waals surface area contributed by atoms with Crippen LogP contribution in [0, 0.1) is 5.41 Å². The molecule has 1 aliphatic carbocycles. The zero-order valence-corrected chi connectivity index (χ0v) is 14.1. The van der Waals surface area contributed by atoms with Gasteiger partial charge in [0.15, 0.2) is 5.96 Å². The van der Waals surface area contributed by atoms with Gasteiger partial charge in [-0.15, -0.1) is 0 Å². The number of methoxy groups -OCH3 is 1. The molecule has 4 heteroatoms. The predicted octanol–water partition coefficient (Wildman–Crippen LogP) is 3.08. The number of benzene rings is 1. The first-order chi connectivity index (χ1) is 10.7. The second-order valence-electron chi connectivity index (χ2n) is 6.19. The first-order valence-corrected chi connectivity index (χ1v) is 8.23. The van der Waals surface area contributed by atoms with Gasteiger partial charge in [0.05, 0.1) is 6.61 Å². The van der Waals surface area contributed by atoms with E-state index in [0.29, 0.717) is 12.0 Å². The summed E-state index contributed by atoms with van der Waals surface area (Å²) in [7, 11) is 3.56. The Morgan fingerprint density at radius 1 is 1.23 bits per heavy atom. The third-order valence-electron chi connectivity index (χ3n) is 4.88. The van der Waals surface area contributed by atoms with Crippen LogP contribution < -0.4 is 10.6 Å². The molecule has 0 aromatic heterocycles. The SMILES string of the molecule is CCC1(CNC(=NC)NCc2ccccc2COC)CCC1. The molecule has 0 aliphatic heterocycles. The standard InChI is InChI=1S/C18H29N3O/c1-4-18(10-7-11-18)14-21-17(19-2)20-12-15-8-5-6-9-16(15)13-22-3/h5-6,8-9H,4,7,10-14H2,1-3H3,(H2,19,20,21). The molecule has 1 saturated carbocycles. The minimum absolute atomic E-state index is 0.492. The van der Waals surface area contributed by atoms with Gasteiger partial charge in [0.25, 0.3) is 0 Å². The fourth-order valence-electron chi connectivity index (χ4n) is 3.03. The normalized spacial score (nSPS) is 17.0. The minimum Gasteiger partial charge on any atom is -0.380 e. The molecule has 2 rings (SSSR count). The second kappa shape index (κ2) is 8.18. The van der Waals surface area contributed by atoms with Crippen LogP contribution in [0.25, 0.3) is 0 Å². The third-order valence-corrected chi connectivity index (χ3v) is 4.88. The van der Waals surface area contributed by atoms with E-state index in [4.69, 9.17) is 4.74 Å². The van der Waals surface area contributed by atoms with Crippen LogP contribution in [0.5, 0.6) is 0 Å². The van der Waals surface area contributed by atoms with E-state index in [9.17, 15) is 0 Å². The molecule has 1 aliphatic rings. The zero-order valence-electron chi connectivity index (χ0n) is 14.1. The Morgan fingerprint density at radius 3 is 2.50 bits per heavy atom. The lowest BCUT2D eigenvalue weighted by Gasteiger charge is -2.41. The first kappa shape index (κ1) is 16.8. The number of guanidine groups is 1. The molecule has 0 atom stereocenters. The van der Waals surface area contributed by atoms with Crippen LogP contribution in [-0.4, -0.2) is 26.7 Å². The Bertz CT molecular complexity index is 489. The molecule has 2 N–H and O–H groups in total. The summed E-state index contributed by atoms with van der Waals surface area (Å²) in [6, 6.07) is 8.35. The summed E-state index contributed by atoms with van der Waals surface area (Å²) in [6.45, 7) is 4.71. The number of ether oxygens (including phenoxy) is 1. The second-order valence-corrected chi connectivity index (χ2v) is 6.19. The summed E-state index contributed by atoms with van der Waals surface area (Å²) in [5, 5.41) is 6.91. The molecule has 1 aromatic rings. The highest BCUT2D eigenvalue weighted by Crippen LogP contribution is 2.42. The maximum atomic E-state index is 5.26. The molecular weight excluding hydrogens is 274 g/mol. The third kappa shape index (κ3) is 4.23. The largest absolute Gasteiger partial charge is 0.380 e. The lowest BCUT2D eigenvalue weighted by atomic mass is 9.67. The Kier molecular flexibility index (Phi) is 6.25. The van der Waals surface area contributed by atoms with Gasteiger partial charge >= 0.3 is 0 Å². The van der Waals surface area contributed by atoms with Gasteiger partial charge in [0.1, 0.15) is 0 Å². The van der Waals surface area contributed by atoms with E-state index in [1.165, 1.54) is 36.8 Å². The topological polar surface area (TPSA) is 45.7 Å².